The zero-order valence-electron chi connectivity index (χ0n) is 9.56. The molecule has 0 saturated carbocycles. The van der Waals surface area contributed by atoms with Crippen LogP contribution in [0.1, 0.15) is 25.2 Å². The van der Waals surface area contributed by atoms with E-state index in [1.165, 1.54) is 0 Å². The Morgan fingerprint density at radius 1 is 1.25 bits per heavy atom. The van der Waals surface area contributed by atoms with Gasteiger partial charge in [0.2, 0.25) is 0 Å². The van der Waals surface area contributed by atoms with Crippen LogP contribution in [-0.4, -0.2) is 24.9 Å². The average Bonchev–Trinajstić information content (AvgIpc) is 2.31. The standard InChI is InChI=1S/C13H18O3/c1-13(7-8-14)9-15-12(16-10-13)11-5-3-2-4-6-11/h2-6,12,14H,7-10H2,1H3. The van der Waals surface area contributed by atoms with Crippen LogP contribution in [0.4, 0.5) is 0 Å². The zero-order valence-corrected chi connectivity index (χ0v) is 9.56. The molecule has 88 valence electrons. The largest absolute Gasteiger partial charge is 0.396 e. The van der Waals surface area contributed by atoms with E-state index in [1.54, 1.807) is 0 Å². The molecule has 1 heterocycles. The molecule has 0 spiro atoms. The smallest absolute Gasteiger partial charge is 0.183 e. The molecule has 16 heavy (non-hydrogen) atoms. The van der Waals surface area contributed by atoms with Crippen molar-refractivity contribution >= 4 is 0 Å². The zero-order chi connectivity index (χ0) is 11.4. The van der Waals surface area contributed by atoms with E-state index < -0.39 is 0 Å². The fourth-order valence-corrected chi connectivity index (χ4v) is 1.86. The predicted octanol–water partition coefficient (Wildman–Crippen LogP) is 2.12. The Kier molecular flexibility index (Phi) is 3.59. The van der Waals surface area contributed by atoms with Crippen molar-refractivity contribution in [3.8, 4) is 0 Å². The summed E-state index contributed by atoms with van der Waals surface area (Å²) in [6.07, 6.45) is 0.460. The lowest BCUT2D eigenvalue weighted by molar-refractivity contribution is -0.232. The monoisotopic (exact) mass is 222 g/mol. The van der Waals surface area contributed by atoms with E-state index in [-0.39, 0.29) is 18.3 Å². The Hall–Kier alpha value is -0.900. The number of aliphatic hydroxyl groups is 1. The van der Waals surface area contributed by atoms with Crippen molar-refractivity contribution in [3.63, 3.8) is 0 Å². The van der Waals surface area contributed by atoms with Gasteiger partial charge in [0.15, 0.2) is 6.29 Å². The van der Waals surface area contributed by atoms with Crippen LogP contribution in [0.3, 0.4) is 0 Å². The molecule has 0 unspecified atom stereocenters. The van der Waals surface area contributed by atoms with E-state index in [2.05, 4.69) is 6.92 Å². The topological polar surface area (TPSA) is 38.7 Å². The fourth-order valence-electron chi connectivity index (χ4n) is 1.86. The van der Waals surface area contributed by atoms with Gasteiger partial charge < -0.3 is 14.6 Å². The lowest BCUT2D eigenvalue weighted by atomic mass is 9.88. The maximum Gasteiger partial charge on any atom is 0.183 e. The molecule has 0 aromatic heterocycles. The number of benzene rings is 1. The number of ether oxygens (including phenoxy) is 2. The van der Waals surface area contributed by atoms with Crippen molar-refractivity contribution in [2.45, 2.75) is 19.6 Å². The molecule has 1 saturated heterocycles. The molecule has 2 rings (SSSR count). The maximum absolute atomic E-state index is 8.96. The molecule has 3 nitrogen and oxygen atoms in total. The summed E-state index contributed by atoms with van der Waals surface area (Å²) >= 11 is 0. The maximum atomic E-state index is 8.96. The van der Waals surface area contributed by atoms with Gasteiger partial charge in [-0.1, -0.05) is 37.3 Å². The van der Waals surface area contributed by atoms with Gasteiger partial charge in [0.05, 0.1) is 13.2 Å². The quantitative estimate of drug-likeness (QED) is 0.851. The van der Waals surface area contributed by atoms with Gasteiger partial charge in [-0.3, -0.25) is 0 Å². The van der Waals surface area contributed by atoms with Gasteiger partial charge in [-0.15, -0.1) is 0 Å². The van der Waals surface area contributed by atoms with E-state index >= 15 is 0 Å². The average molecular weight is 222 g/mol. The summed E-state index contributed by atoms with van der Waals surface area (Å²) in [6, 6.07) is 9.92. The van der Waals surface area contributed by atoms with Crippen LogP contribution in [0.5, 0.6) is 0 Å². The lowest BCUT2D eigenvalue weighted by Gasteiger charge is -2.37. The van der Waals surface area contributed by atoms with Crippen LogP contribution in [0, 0.1) is 5.41 Å². The third kappa shape index (κ3) is 2.61. The molecule has 0 radical (unpaired) electrons. The van der Waals surface area contributed by atoms with Crippen molar-refractivity contribution in [1.82, 2.24) is 0 Å². The van der Waals surface area contributed by atoms with Crippen LogP contribution < -0.4 is 0 Å². The molecule has 0 bridgehead atoms. The van der Waals surface area contributed by atoms with Crippen LogP contribution in [0.25, 0.3) is 0 Å². The molecule has 1 aromatic carbocycles. The van der Waals surface area contributed by atoms with Gasteiger partial charge in [-0.2, -0.15) is 0 Å². The van der Waals surface area contributed by atoms with Gasteiger partial charge in [-0.25, -0.2) is 0 Å². The van der Waals surface area contributed by atoms with E-state index in [9.17, 15) is 0 Å². The molecular weight excluding hydrogens is 204 g/mol. The molecule has 0 aliphatic carbocycles. The second kappa shape index (κ2) is 4.95. The predicted molar refractivity (Wildman–Crippen MR) is 60.9 cm³/mol. The fraction of sp³-hybridized carbons (Fsp3) is 0.538. The minimum absolute atomic E-state index is 0.0555. The number of rotatable bonds is 3. The number of hydrogen-bond acceptors (Lipinski definition) is 3. The molecule has 0 amide bonds. The van der Waals surface area contributed by atoms with E-state index in [0.29, 0.717) is 19.6 Å². The first-order valence-corrected chi connectivity index (χ1v) is 5.63. The summed E-state index contributed by atoms with van der Waals surface area (Å²) in [6.45, 7) is 3.52. The SMILES string of the molecule is CC1(CCO)COC(c2ccccc2)OC1. The van der Waals surface area contributed by atoms with E-state index in [1.807, 2.05) is 30.3 Å². The summed E-state index contributed by atoms with van der Waals surface area (Å²) in [5.74, 6) is 0. The second-order valence-corrected chi connectivity index (χ2v) is 4.65. The van der Waals surface area contributed by atoms with Crippen molar-refractivity contribution < 1.29 is 14.6 Å². The van der Waals surface area contributed by atoms with Crippen molar-refractivity contribution in [2.75, 3.05) is 19.8 Å². The van der Waals surface area contributed by atoms with Gasteiger partial charge in [0.1, 0.15) is 0 Å². The molecule has 0 atom stereocenters. The first kappa shape index (κ1) is 11.6. The van der Waals surface area contributed by atoms with Crippen molar-refractivity contribution in [2.24, 2.45) is 5.41 Å². The van der Waals surface area contributed by atoms with Crippen LogP contribution in [0.15, 0.2) is 30.3 Å². The third-order valence-corrected chi connectivity index (χ3v) is 2.95. The van der Waals surface area contributed by atoms with Crippen LogP contribution >= 0.6 is 0 Å². The first-order valence-electron chi connectivity index (χ1n) is 5.63. The van der Waals surface area contributed by atoms with Gasteiger partial charge in [0, 0.05) is 17.6 Å². The Morgan fingerprint density at radius 2 is 1.88 bits per heavy atom. The van der Waals surface area contributed by atoms with Crippen LogP contribution in [-0.2, 0) is 9.47 Å². The minimum Gasteiger partial charge on any atom is -0.396 e. The van der Waals surface area contributed by atoms with Crippen molar-refractivity contribution in [3.05, 3.63) is 35.9 Å². The summed E-state index contributed by atoms with van der Waals surface area (Å²) in [7, 11) is 0. The summed E-state index contributed by atoms with van der Waals surface area (Å²) in [5.41, 5.74) is 0.994. The molecule has 1 aliphatic rings. The highest BCUT2D eigenvalue weighted by atomic mass is 16.7. The molecule has 3 heteroatoms. The molecule has 1 N–H and O–H groups in total. The molecule has 1 aliphatic heterocycles. The summed E-state index contributed by atoms with van der Waals surface area (Å²) in [4.78, 5) is 0. The highest BCUT2D eigenvalue weighted by Gasteiger charge is 2.32. The van der Waals surface area contributed by atoms with Gasteiger partial charge in [-0.05, 0) is 6.42 Å². The number of hydrogen-bond donors (Lipinski definition) is 1. The van der Waals surface area contributed by atoms with E-state index in [0.717, 1.165) is 5.56 Å². The lowest BCUT2D eigenvalue weighted by Crippen LogP contribution is -2.37. The minimum atomic E-state index is -0.257. The van der Waals surface area contributed by atoms with E-state index in [4.69, 9.17) is 14.6 Å². The Morgan fingerprint density at radius 3 is 2.44 bits per heavy atom. The Bertz CT molecular complexity index is 315. The highest BCUT2D eigenvalue weighted by molar-refractivity contribution is 5.16. The molecule has 1 aromatic rings. The third-order valence-electron chi connectivity index (χ3n) is 2.95. The van der Waals surface area contributed by atoms with Crippen molar-refractivity contribution in [1.29, 1.82) is 0 Å². The van der Waals surface area contributed by atoms with Crippen LogP contribution in [0.2, 0.25) is 0 Å². The summed E-state index contributed by atoms with van der Waals surface area (Å²) < 4.78 is 11.4. The number of aliphatic hydroxyl groups excluding tert-OH is 1. The normalized spacial score (nSPS) is 30.2. The summed E-state index contributed by atoms with van der Waals surface area (Å²) in [5, 5.41) is 8.96. The Balaban J connectivity index is 1.95. The Labute approximate surface area is 96.0 Å². The van der Waals surface area contributed by atoms with Gasteiger partial charge in [0.25, 0.3) is 0 Å². The highest BCUT2D eigenvalue weighted by Crippen LogP contribution is 2.33. The second-order valence-electron chi connectivity index (χ2n) is 4.65. The first-order chi connectivity index (χ1) is 7.73. The molecular formula is C13H18O3. The molecule has 1 fully saturated rings. The van der Waals surface area contributed by atoms with Gasteiger partial charge >= 0.3 is 0 Å².